The minimum atomic E-state index is 0.158. The molecule has 0 bridgehead atoms. The number of hydrogen-bond acceptors (Lipinski definition) is 3. The molecule has 0 fully saturated rings. The van der Waals surface area contributed by atoms with Crippen molar-refractivity contribution in [2.45, 2.75) is 32.7 Å². The van der Waals surface area contributed by atoms with Gasteiger partial charge in [0.05, 0.1) is 18.3 Å². The van der Waals surface area contributed by atoms with Crippen LogP contribution in [0.3, 0.4) is 0 Å². The standard InChI is InChI=1S/C11H21N3O/c1-4-9-6-10(5-2)14(13-9)11(7-12)8-15-3/h6,11H,4-5,7-8,12H2,1-3H3. The van der Waals surface area contributed by atoms with E-state index in [1.165, 1.54) is 5.69 Å². The zero-order chi connectivity index (χ0) is 11.3. The smallest absolute Gasteiger partial charge is 0.0877 e. The van der Waals surface area contributed by atoms with Crippen molar-refractivity contribution < 1.29 is 4.74 Å². The second kappa shape index (κ2) is 5.88. The van der Waals surface area contributed by atoms with Gasteiger partial charge in [-0.2, -0.15) is 5.10 Å². The molecule has 0 radical (unpaired) electrons. The molecule has 4 heteroatoms. The summed E-state index contributed by atoms with van der Waals surface area (Å²) in [4.78, 5) is 0. The molecular weight excluding hydrogens is 190 g/mol. The first-order chi connectivity index (χ1) is 7.26. The summed E-state index contributed by atoms with van der Waals surface area (Å²) in [5.74, 6) is 0. The summed E-state index contributed by atoms with van der Waals surface area (Å²) < 4.78 is 7.17. The van der Waals surface area contributed by atoms with E-state index >= 15 is 0 Å². The van der Waals surface area contributed by atoms with E-state index in [0.29, 0.717) is 13.2 Å². The molecule has 0 aliphatic carbocycles. The van der Waals surface area contributed by atoms with Crippen LogP contribution in [0.1, 0.15) is 31.3 Å². The van der Waals surface area contributed by atoms with Gasteiger partial charge in [0, 0.05) is 19.3 Å². The normalized spacial score (nSPS) is 13.1. The van der Waals surface area contributed by atoms with E-state index < -0.39 is 0 Å². The Morgan fingerprint density at radius 2 is 2.20 bits per heavy atom. The van der Waals surface area contributed by atoms with E-state index in [0.717, 1.165) is 18.5 Å². The van der Waals surface area contributed by atoms with Crippen molar-refractivity contribution in [2.75, 3.05) is 20.3 Å². The largest absolute Gasteiger partial charge is 0.382 e. The van der Waals surface area contributed by atoms with Gasteiger partial charge in [0.15, 0.2) is 0 Å². The molecule has 1 unspecified atom stereocenters. The van der Waals surface area contributed by atoms with E-state index in [4.69, 9.17) is 10.5 Å². The van der Waals surface area contributed by atoms with E-state index in [2.05, 4.69) is 25.0 Å². The maximum Gasteiger partial charge on any atom is 0.0877 e. The number of hydrogen-bond donors (Lipinski definition) is 1. The number of nitrogens with two attached hydrogens (primary N) is 1. The molecule has 1 rings (SSSR count). The summed E-state index contributed by atoms with van der Waals surface area (Å²) in [5, 5.41) is 4.55. The number of rotatable bonds is 6. The fraction of sp³-hybridized carbons (Fsp3) is 0.727. The Bertz CT molecular complexity index is 296. The lowest BCUT2D eigenvalue weighted by Crippen LogP contribution is -2.26. The molecule has 0 saturated heterocycles. The molecule has 0 spiro atoms. The molecular formula is C11H21N3O. The van der Waals surface area contributed by atoms with Crippen LogP contribution in [-0.2, 0) is 17.6 Å². The molecule has 0 amide bonds. The summed E-state index contributed by atoms with van der Waals surface area (Å²) in [6, 6.07) is 2.31. The molecule has 1 atom stereocenters. The molecule has 2 N–H and O–H groups in total. The predicted molar refractivity (Wildman–Crippen MR) is 61.0 cm³/mol. The second-order valence-corrected chi connectivity index (χ2v) is 3.62. The SMILES string of the molecule is CCc1cc(CC)n(C(CN)COC)n1. The Morgan fingerprint density at radius 3 is 2.67 bits per heavy atom. The van der Waals surface area contributed by atoms with Gasteiger partial charge in [-0.3, -0.25) is 4.68 Å². The number of aromatic nitrogens is 2. The predicted octanol–water partition coefficient (Wildman–Crippen LogP) is 1.15. The van der Waals surface area contributed by atoms with Gasteiger partial charge in [-0.15, -0.1) is 0 Å². The Hall–Kier alpha value is -0.870. The maximum atomic E-state index is 5.72. The minimum Gasteiger partial charge on any atom is -0.382 e. The van der Waals surface area contributed by atoms with Gasteiger partial charge >= 0.3 is 0 Å². The molecule has 0 aliphatic rings. The van der Waals surface area contributed by atoms with Crippen LogP contribution in [0.2, 0.25) is 0 Å². The highest BCUT2D eigenvalue weighted by molar-refractivity contribution is 5.11. The van der Waals surface area contributed by atoms with Crippen LogP contribution in [0, 0.1) is 0 Å². The first-order valence-electron chi connectivity index (χ1n) is 5.53. The van der Waals surface area contributed by atoms with Crippen LogP contribution in [0.25, 0.3) is 0 Å². The Morgan fingerprint density at radius 1 is 1.47 bits per heavy atom. The van der Waals surface area contributed by atoms with Crippen molar-refractivity contribution in [3.63, 3.8) is 0 Å². The molecule has 0 aromatic carbocycles. The number of methoxy groups -OCH3 is 1. The van der Waals surface area contributed by atoms with Crippen molar-refractivity contribution in [1.82, 2.24) is 9.78 Å². The Balaban J connectivity index is 2.93. The highest BCUT2D eigenvalue weighted by Gasteiger charge is 2.14. The van der Waals surface area contributed by atoms with Crippen LogP contribution in [0.4, 0.5) is 0 Å². The van der Waals surface area contributed by atoms with E-state index in [-0.39, 0.29) is 6.04 Å². The topological polar surface area (TPSA) is 53.1 Å². The molecule has 1 heterocycles. The van der Waals surface area contributed by atoms with Gasteiger partial charge in [0.2, 0.25) is 0 Å². The lowest BCUT2D eigenvalue weighted by atomic mass is 10.2. The van der Waals surface area contributed by atoms with Gasteiger partial charge in [0.25, 0.3) is 0 Å². The van der Waals surface area contributed by atoms with E-state index in [1.807, 2.05) is 4.68 Å². The number of aryl methyl sites for hydroxylation is 2. The quantitative estimate of drug-likeness (QED) is 0.768. The third-order valence-corrected chi connectivity index (χ3v) is 2.57. The fourth-order valence-corrected chi connectivity index (χ4v) is 1.67. The Kier molecular flexibility index (Phi) is 4.78. The van der Waals surface area contributed by atoms with Crippen molar-refractivity contribution in [3.8, 4) is 0 Å². The third kappa shape index (κ3) is 2.79. The van der Waals surface area contributed by atoms with Crippen LogP contribution in [-0.4, -0.2) is 30.0 Å². The third-order valence-electron chi connectivity index (χ3n) is 2.57. The first kappa shape index (κ1) is 12.2. The summed E-state index contributed by atoms with van der Waals surface area (Å²) >= 11 is 0. The molecule has 4 nitrogen and oxygen atoms in total. The average molecular weight is 211 g/mol. The van der Waals surface area contributed by atoms with E-state index in [9.17, 15) is 0 Å². The monoisotopic (exact) mass is 211 g/mol. The average Bonchev–Trinajstić information content (AvgIpc) is 2.68. The minimum absolute atomic E-state index is 0.158. The molecule has 0 saturated carbocycles. The van der Waals surface area contributed by atoms with Gasteiger partial charge < -0.3 is 10.5 Å². The van der Waals surface area contributed by atoms with Crippen LogP contribution >= 0.6 is 0 Å². The van der Waals surface area contributed by atoms with Crippen molar-refractivity contribution in [3.05, 3.63) is 17.5 Å². The maximum absolute atomic E-state index is 5.72. The lowest BCUT2D eigenvalue weighted by Gasteiger charge is -2.16. The molecule has 86 valence electrons. The van der Waals surface area contributed by atoms with Gasteiger partial charge in [-0.1, -0.05) is 13.8 Å². The second-order valence-electron chi connectivity index (χ2n) is 3.62. The van der Waals surface area contributed by atoms with Gasteiger partial charge in [0.1, 0.15) is 0 Å². The van der Waals surface area contributed by atoms with Crippen molar-refractivity contribution >= 4 is 0 Å². The Labute approximate surface area is 91.4 Å². The lowest BCUT2D eigenvalue weighted by molar-refractivity contribution is 0.151. The van der Waals surface area contributed by atoms with Gasteiger partial charge in [-0.05, 0) is 18.9 Å². The van der Waals surface area contributed by atoms with Crippen molar-refractivity contribution in [1.29, 1.82) is 0 Å². The highest BCUT2D eigenvalue weighted by atomic mass is 16.5. The molecule has 0 aliphatic heterocycles. The van der Waals surface area contributed by atoms with Gasteiger partial charge in [-0.25, -0.2) is 0 Å². The number of nitrogens with zero attached hydrogens (tertiary/aromatic N) is 2. The first-order valence-corrected chi connectivity index (χ1v) is 5.53. The highest BCUT2D eigenvalue weighted by Crippen LogP contribution is 2.13. The fourth-order valence-electron chi connectivity index (χ4n) is 1.67. The molecule has 1 aromatic heterocycles. The van der Waals surface area contributed by atoms with Crippen molar-refractivity contribution in [2.24, 2.45) is 5.73 Å². The number of ether oxygens (including phenoxy) is 1. The van der Waals surface area contributed by atoms with E-state index in [1.54, 1.807) is 7.11 Å². The molecule has 1 aromatic rings. The van der Waals surface area contributed by atoms with Crippen LogP contribution in [0.15, 0.2) is 6.07 Å². The summed E-state index contributed by atoms with van der Waals surface area (Å²) in [6.45, 7) is 5.42. The summed E-state index contributed by atoms with van der Waals surface area (Å²) in [7, 11) is 1.69. The van der Waals surface area contributed by atoms with Crippen LogP contribution in [0.5, 0.6) is 0 Å². The summed E-state index contributed by atoms with van der Waals surface area (Å²) in [5.41, 5.74) is 8.09. The van der Waals surface area contributed by atoms with Crippen LogP contribution < -0.4 is 5.73 Å². The zero-order valence-electron chi connectivity index (χ0n) is 9.86. The molecule has 15 heavy (non-hydrogen) atoms. The zero-order valence-corrected chi connectivity index (χ0v) is 9.86. The summed E-state index contributed by atoms with van der Waals surface area (Å²) in [6.07, 6.45) is 1.94.